The quantitative estimate of drug-likeness (QED) is 0.726. The zero-order valence-electron chi connectivity index (χ0n) is 14.2. The number of carbonyl (C=O) groups excluding carboxylic acids is 2. The molecule has 2 aliphatic carbocycles. The maximum absolute atomic E-state index is 12.2. The van der Waals surface area contributed by atoms with Gasteiger partial charge in [-0.25, -0.2) is 9.59 Å². The lowest BCUT2D eigenvalue weighted by Crippen LogP contribution is -2.14. The van der Waals surface area contributed by atoms with Gasteiger partial charge in [-0.1, -0.05) is 31.7 Å². The lowest BCUT2D eigenvalue weighted by molar-refractivity contribution is 0.0440. The minimum absolute atomic E-state index is 0.354. The van der Waals surface area contributed by atoms with E-state index >= 15 is 0 Å². The van der Waals surface area contributed by atoms with Gasteiger partial charge >= 0.3 is 11.9 Å². The molecule has 2 fully saturated rings. The SMILES string of the molecule is O=C(OCC1CCCC1)c1cccc(C(=O)OCC2CCCC2)c1. The molecule has 1 aromatic rings. The average molecular weight is 330 g/mol. The first-order valence-corrected chi connectivity index (χ1v) is 9.16. The molecule has 24 heavy (non-hydrogen) atoms. The Morgan fingerprint density at radius 3 is 1.62 bits per heavy atom. The number of rotatable bonds is 6. The number of esters is 2. The van der Waals surface area contributed by atoms with Gasteiger partial charge in [-0.2, -0.15) is 0 Å². The lowest BCUT2D eigenvalue weighted by atomic mass is 10.1. The third kappa shape index (κ3) is 4.59. The van der Waals surface area contributed by atoms with Crippen LogP contribution < -0.4 is 0 Å². The summed E-state index contributed by atoms with van der Waals surface area (Å²) in [5.41, 5.74) is 0.839. The molecule has 0 radical (unpaired) electrons. The first-order chi connectivity index (χ1) is 11.7. The van der Waals surface area contributed by atoms with Gasteiger partial charge in [0.15, 0.2) is 0 Å². The Kier molecular flexibility index (Phi) is 5.89. The summed E-state index contributed by atoms with van der Waals surface area (Å²) in [4.78, 5) is 24.3. The van der Waals surface area contributed by atoms with Gasteiger partial charge in [0.05, 0.1) is 24.3 Å². The standard InChI is InChI=1S/C20H26O4/c21-19(23-13-15-6-1-2-7-15)17-10-5-11-18(12-17)20(22)24-14-16-8-3-4-9-16/h5,10-12,15-16H,1-4,6-9,13-14H2. The molecule has 3 rings (SSSR count). The van der Waals surface area contributed by atoms with E-state index in [1.54, 1.807) is 24.3 Å². The summed E-state index contributed by atoms with van der Waals surface area (Å²) in [6, 6.07) is 6.65. The molecule has 0 saturated heterocycles. The van der Waals surface area contributed by atoms with Gasteiger partial charge in [-0.15, -0.1) is 0 Å². The van der Waals surface area contributed by atoms with E-state index in [-0.39, 0.29) is 11.9 Å². The molecule has 0 aliphatic heterocycles. The highest BCUT2D eigenvalue weighted by Crippen LogP contribution is 2.26. The molecule has 0 N–H and O–H groups in total. The monoisotopic (exact) mass is 330 g/mol. The van der Waals surface area contributed by atoms with E-state index in [2.05, 4.69) is 0 Å². The Morgan fingerprint density at radius 1 is 0.792 bits per heavy atom. The summed E-state index contributed by atoms with van der Waals surface area (Å²) in [6.07, 6.45) is 9.47. The fourth-order valence-electron chi connectivity index (χ4n) is 3.68. The van der Waals surface area contributed by atoms with Crippen LogP contribution in [-0.4, -0.2) is 25.2 Å². The van der Waals surface area contributed by atoms with Crippen LogP contribution in [0.15, 0.2) is 24.3 Å². The summed E-state index contributed by atoms with van der Waals surface area (Å²) in [7, 11) is 0. The molecular formula is C20H26O4. The molecule has 0 spiro atoms. The van der Waals surface area contributed by atoms with Gasteiger partial charge in [-0.3, -0.25) is 0 Å². The molecule has 4 nitrogen and oxygen atoms in total. The van der Waals surface area contributed by atoms with Crippen molar-refractivity contribution < 1.29 is 19.1 Å². The predicted octanol–water partition coefficient (Wildman–Crippen LogP) is 4.38. The summed E-state index contributed by atoms with van der Waals surface area (Å²) in [5, 5.41) is 0. The van der Waals surface area contributed by atoms with Gasteiger partial charge in [0.2, 0.25) is 0 Å². The Labute approximate surface area is 143 Å². The molecular weight excluding hydrogens is 304 g/mol. The van der Waals surface area contributed by atoms with Crippen molar-refractivity contribution in [2.75, 3.05) is 13.2 Å². The van der Waals surface area contributed by atoms with Crippen molar-refractivity contribution in [3.05, 3.63) is 35.4 Å². The lowest BCUT2D eigenvalue weighted by Gasteiger charge is -2.12. The largest absolute Gasteiger partial charge is 0.462 e. The first-order valence-electron chi connectivity index (χ1n) is 9.16. The molecule has 2 saturated carbocycles. The van der Waals surface area contributed by atoms with E-state index in [1.165, 1.54) is 25.7 Å². The van der Waals surface area contributed by atoms with Crippen molar-refractivity contribution in [2.24, 2.45) is 11.8 Å². The molecule has 2 aliphatic rings. The van der Waals surface area contributed by atoms with E-state index in [1.807, 2.05) is 0 Å². The smallest absolute Gasteiger partial charge is 0.338 e. The van der Waals surface area contributed by atoms with Gasteiger partial charge in [-0.05, 0) is 55.7 Å². The summed E-state index contributed by atoms with van der Waals surface area (Å²) in [6.45, 7) is 0.963. The fourth-order valence-corrected chi connectivity index (χ4v) is 3.68. The predicted molar refractivity (Wildman–Crippen MR) is 90.9 cm³/mol. The second-order valence-corrected chi connectivity index (χ2v) is 7.08. The van der Waals surface area contributed by atoms with Crippen LogP contribution in [0, 0.1) is 11.8 Å². The van der Waals surface area contributed by atoms with Gasteiger partial charge in [0.25, 0.3) is 0 Å². The molecule has 0 unspecified atom stereocenters. The second-order valence-electron chi connectivity index (χ2n) is 7.08. The highest BCUT2D eigenvalue weighted by atomic mass is 16.5. The fraction of sp³-hybridized carbons (Fsp3) is 0.600. The molecule has 1 aromatic carbocycles. The molecule has 130 valence electrons. The van der Waals surface area contributed by atoms with Crippen LogP contribution in [0.25, 0.3) is 0 Å². The molecule has 0 bridgehead atoms. The maximum atomic E-state index is 12.2. The summed E-state index contributed by atoms with van der Waals surface area (Å²) in [5.74, 6) is 0.279. The van der Waals surface area contributed by atoms with Gasteiger partial charge < -0.3 is 9.47 Å². The summed E-state index contributed by atoms with van der Waals surface area (Å²) >= 11 is 0. The zero-order chi connectivity index (χ0) is 16.8. The van der Waals surface area contributed by atoms with Gasteiger partial charge in [0.1, 0.15) is 0 Å². The molecule has 4 heteroatoms. The Hall–Kier alpha value is -1.84. The van der Waals surface area contributed by atoms with Crippen LogP contribution >= 0.6 is 0 Å². The van der Waals surface area contributed by atoms with Crippen LogP contribution in [0.4, 0.5) is 0 Å². The van der Waals surface area contributed by atoms with Crippen molar-refractivity contribution in [3.8, 4) is 0 Å². The van der Waals surface area contributed by atoms with E-state index in [4.69, 9.17) is 9.47 Å². The number of ether oxygens (including phenoxy) is 2. The normalized spacial score (nSPS) is 18.7. The van der Waals surface area contributed by atoms with E-state index in [9.17, 15) is 9.59 Å². The minimum atomic E-state index is -0.354. The number of carbonyl (C=O) groups is 2. The van der Waals surface area contributed by atoms with Crippen LogP contribution in [0.2, 0.25) is 0 Å². The summed E-state index contributed by atoms with van der Waals surface area (Å²) < 4.78 is 10.8. The van der Waals surface area contributed by atoms with Crippen molar-refractivity contribution in [2.45, 2.75) is 51.4 Å². The number of hydrogen-bond donors (Lipinski definition) is 0. The van der Waals surface area contributed by atoms with E-state index in [0.717, 1.165) is 25.7 Å². The van der Waals surface area contributed by atoms with Crippen LogP contribution in [0.1, 0.15) is 72.1 Å². The van der Waals surface area contributed by atoms with Crippen LogP contribution in [0.5, 0.6) is 0 Å². The Bertz CT molecular complexity index is 522. The third-order valence-electron chi connectivity index (χ3n) is 5.18. The van der Waals surface area contributed by atoms with Gasteiger partial charge in [0, 0.05) is 0 Å². The minimum Gasteiger partial charge on any atom is -0.462 e. The highest BCUT2D eigenvalue weighted by Gasteiger charge is 2.20. The van der Waals surface area contributed by atoms with E-state index in [0.29, 0.717) is 36.2 Å². The topological polar surface area (TPSA) is 52.6 Å². The maximum Gasteiger partial charge on any atom is 0.338 e. The van der Waals surface area contributed by atoms with Crippen molar-refractivity contribution >= 4 is 11.9 Å². The molecule has 0 aromatic heterocycles. The first kappa shape index (κ1) is 17.0. The third-order valence-corrected chi connectivity index (χ3v) is 5.18. The molecule has 0 amide bonds. The highest BCUT2D eigenvalue weighted by molar-refractivity contribution is 5.95. The number of benzene rings is 1. The second kappa shape index (κ2) is 8.32. The van der Waals surface area contributed by atoms with Crippen LogP contribution in [-0.2, 0) is 9.47 Å². The average Bonchev–Trinajstić information content (AvgIpc) is 3.31. The Balaban J connectivity index is 1.52. The Morgan fingerprint density at radius 2 is 1.21 bits per heavy atom. The molecule has 0 heterocycles. The van der Waals surface area contributed by atoms with Crippen molar-refractivity contribution in [1.82, 2.24) is 0 Å². The van der Waals surface area contributed by atoms with Crippen molar-refractivity contribution in [3.63, 3.8) is 0 Å². The van der Waals surface area contributed by atoms with E-state index < -0.39 is 0 Å². The molecule has 0 atom stereocenters. The van der Waals surface area contributed by atoms with Crippen LogP contribution in [0.3, 0.4) is 0 Å². The zero-order valence-corrected chi connectivity index (χ0v) is 14.2. The van der Waals surface area contributed by atoms with Crippen molar-refractivity contribution in [1.29, 1.82) is 0 Å². The number of hydrogen-bond acceptors (Lipinski definition) is 4.